The van der Waals surface area contributed by atoms with Crippen molar-refractivity contribution in [3.63, 3.8) is 0 Å². The van der Waals surface area contributed by atoms with E-state index in [4.69, 9.17) is 0 Å². The van der Waals surface area contributed by atoms with Gasteiger partial charge in [0.15, 0.2) is 0 Å². The molecular formula is C17H24N2O4. The molecule has 0 spiro atoms. The Morgan fingerprint density at radius 1 is 1.39 bits per heavy atom. The Bertz CT molecular complexity index is 601. The second-order valence-corrected chi connectivity index (χ2v) is 7.32. The number of carbonyl (C=O) groups excluding carboxylic acids is 1. The third kappa shape index (κ3) is 4.51. The number of nitrogens with one attached hydrogen (secondary N) is 1. The van der Waals surface area contributed by atoms with Gasteiger partial charge in [-0.25, -0.2) is 0 Å². The number of aliphatic hydroxyl groups excluding tert-OH is 1. The number of anilines is 1. The first-order chi connectivity index (χ1) is 10.7. The highest BCUT2D eigenvalue weighted by molar-refractivity contribution is 5.93. The summed E-state index contributed by atoms with van der Waals surface area (Å²) in [5.41, 5.74) is 0.815. The van der Waals surface area contributed by atoms with Gasteiger partial charge in [-0.15, -0.1) is 0 Å². The minimum Gasteiger partial charge on any atom is -0.393 e. The Labute approximate surface area is 136 Å². The van der Waals surface area contributed by atoms with E-state index in [0.29, 0.717) is 18.8 Å². The van der Waals surface area contributed by atoms with Crippen LogP contribution in [0.4, 0.5) is 11.4 Å². The van der Waals surface area contributed by atoms with Crippen LogP contribution < -0.4 is 5.32 Å². The third-order valence-electron chi connectivity index (χ3n) is 4.33. The highest BCUT2D eigenvalue weighted by Crippen LogP contribution is 2.33. The number of rotatable bonds is 5. The largest absolute Gasteiger partial charge is 0.393 e. The van der Waals surface area contributed by atoms with E-state index >= 15 is 0 Å². The summed E-state index contributed by atoms with van der Waals surface area (Å²) in [6.45, 7) is 5.95. The van der Waals surface area contributed by atoms with Crippen LogP contribution in [0.5, 0.6) is 0 Å². The first-order valence-electron chi connectivity index (χ1n) is 7.93. The second kappa shape index (κ2) is 6.66. The highest BCUT2D eigenvalue weighted by Gasteiger charge is 2.27. The summed E-state index contributed by atoms with van der Waals surface area (Å²) >= 11 is 0. The summed E-state index contributed by atoms with van der Waals surface area (Å²) in [7, 11) is 0. The van der Waals surface area contributed by atoms with Crippen LogP contribution in [0.1, 0.15) is 52.0 Å². The summed E-state index contributed by atoms with van der Waals surface area (Å²) in [5, 5.41) is 23.1. The zero-order chi connectivity index (χ0) is 17.2. The minimum absolute atomic E-state index is 0.0789. The summed E-state index contributed by atoms with van der Waals surface area (Å²) in [4.78, 5) is 22.8. The molecule has 1 aromatic carbocycles. The predicted octanol–water partition coefficient (Wildman–Crippen LogP) is 3.38. The molecule has 0 heterocycles. The Morgan fingerprint density at radius 3 is 2.57 bits per heavy atom. The lowest BCUT2D eigenvalue weighted by molar-refractivity contribution is -0.384. The lowest BCUT2D eigenvalue weighted by Crippen LogP contribution is -2.29. The third-order valence-corrected chi connectivity index (χ3v) is 4.33. The van der Waals surface area contributed by atoms with Crippen LogP contribution in [-0.4, -0.2) is 22.0 Å². The lowest BCUT2D eigenvalue weighted by atomic mass is 9.79. The fraction of sp³-hybridized carbons (Fsp3) is 0.588. The molecule has 1 fully saturated rings. The molecule has 126 valence electrons. The highest BCUT2D eigenvalue weighted by atomic mass is 16.6. The standard InChI is InChI=1S/C17H24N2O4/c1-17(2,3)12-5-6-14(15(10-12)19(22)23)18-16(21)7-4-11-8-13(20)9-11/h5-6,10-11,13,20H,4,7-9H2,1-3H3,(H,18,21). The molecule has 6 nitrogen and oxygen atoms in total. The number of nitro groups is 1. The molecule has 0 bridgehead atoms. The molecule has 0 atom stereocenters. The number of hydrogen-bond donors (Lipinski definition) is 2. The molecule has 0 saturated heterocycles. The van der Waals surface area contributed by atoms with Crippen molar-refractivity contribution in [3.8, 4) is 0 Å². The summed E-state index contributed by atoms with van der Waals surface area (Å²) < 4.78 is 0. The molecule has 0 unspecified atom stereocenters. The Kier molecular flexibility index (Phi) is 5.04. The van der Waals surface area contributed by atoms with Crippen molar-refractivity contribution >= 4 is 17.3 Å². The van der Waals surface area contributed by atoms with Crippen LogP contribution in [-0.2, 0) is 10.2 Å². The van der Waals surface area contributed by atoms with E-state index in [1.54, 1.807) is 6.07 Å². The van der Waals surface area contributed by atoms with Crippen molar-refractivity contribution in [2.24, 2.45) is 5.92 Å². The van der Waals surface area contributed by atoms with Gasteiger partial charge in [0, 0.05) is 12.5 Å². The Hall–Kier alpha value is -1.95. The van der Waals surface area contributed by atoms with Gasteiger partial charge in [-0.1, -0.05) is 26.8 Å². The summed E-state index contributed by atoms with van der Waals surface area (Å²) in [6, 6.07) is 4.94. The van der Waals surface area contributed by atoms with Crippen LogP contribution in [0.25, 0.3) is 0 Å². The minimum atomic E-state index is -0.465. The molecule has 0 aromatic heterocycles. The van der Waals surface area contributed by atoms with Gasteiger partial charge in [-0.2, -0.15) is 0 Å². The maximum atomic E-state index is 12.0. The molecule has 1 aliphatic carbocycles. The first kappa shape index (κ1) is 17.4. The lowest BCUT2D eigenvalue weighted by Gasteiger charge is -2.31. The first-order valence-corrected chi connectivity index (χ1v) is 7.93. The van der Waals surface area contributed by atoms with Crippen molar-refractivity contribution in [1.82, 2.24) is 0 Å². The van der Waals surface area contributed by atoms with Gasteiger partial charge in [0.2, 0.25) is 5.91 Å². The summed E-state index contributed by atoms with van der Waals surface area (Å²) in [5.74, 6) is 0.159. The molecule has 2 N–H and O–H groups in total. The van der Waals surface area contributed by atoms with Crippen LogP contribution in [0.2, 0.25) is 0 Å². The van der Waals surface area contributed by atoms with Crippen LogP contribution in [0.15, 0.2) is 18.2 Å². The SMILES string of the molecule is CC(C)(C)c1ccc(NC(=O)CCC2CC(O)C2)c([N+](=O)[O-])c1. The average molecular weight is 320 g/mol. The van der Waals surface area contributed by atoms with Gasteiger partial charge in [0.1, 0.15) is 5.69 Å². The van der Waals surface area contributed by atoms with E-state index in [2.05, 4.69) is 5.32 Å². The molecule has 1 amide bonds. The number of hydrogen-bond acceptors (Lipinski definition) is 4. The molecule has 0 radical (unpaired) electrons. The van der Waals surface area contributed by atoms with E-state index < -0.39 is 4.92 Å². The normalized spacial score (nSPS) is 20.7. The monoisotopic (exact) mass is 320 g/mol. The fourth-order valence-electron chi connectivity index (χ4n) is 2.74. The van der Waals surface area contributed by atoms with E-state index in [-0.39, 0.29) is 28.8 Å². The number of benzene rings is 1. The number of amides is 1. The molecule has 1 aliphatic rings. The number of nitrogens with zero attached hydrogens (tertiary/aromatic N) is 1. The molecule has 0 aliphatic heterocycles. The molecule has 6 heteroatoms. The number of carbonyl (C=O) groups is 1. The van der Waals surface area contributed by atoms with Gasteiger partial charge in [0.25, 0.3) is 5.69 Å². The van der Waals surface area contributed by atoms with Gasteiger partial charge in [-0.3, -0.25) is 14.9 Å². The second-order valence-electron chi connectivity index (χ2n) is 7.32. The molecular weight excluding hydrogens is 296 g/mol. The maximum absolute atomic E-state index is 12.0. The topological polar surface area (TPSA) is 92.5 Å². The zero-order valence-corrected chi connectivity index (χ0v) is 13.8. The van der Waals surface area contributed by atoms with Gasteiger partial charge >= 0.3 is 0 Å². The quantitative estimate of drug-likeness (QED) is 0.642. The van der Waals surface area contributed by atoms with Crippen LogP contribution in [0, 0.1) is 16.0 Å². The van der Waals surface area contributed by atoms with E-state index in [9.17, 15) is 20.0 Å². The Balaban J connectivity index is 2.03. The smallest absolute Gasteiger partial charge is 0.293 e. The van der Waals surface area contributed by atoms with Gasteiger partial charge < -0.3 is 10.4 Å². The van der Waals surface area contributed by atoms with Crippen molar-refractivity contribution in [2.45, 2.75) is 58.0 Å². The van der Waals surface area contributed by atoms with E-state index in [1.807, 2.05) is 26.8 Å². The van der Waals surface area contributed by atoms with Crippen molar-refractivity contribution in [1.29, 1.82) is 0 Å². The number of nitro benzene ring substituents is 1. The number of aliphatic hydroxyl groups is 1. The molecule has 23 heavy (non-hydrogen) atoms. The van der Waals surface area contributed by atoms with E-state index in [1.165, 1.54) is 6.07 Å². The van der Waals surface area contributed by atoms with Crippen molar-refractivity contribution in [3.05, 3.63) is 33.9 Å². The van der Waals surface area contributed by atoms with Crippen LogP contribution >= 0.6 is 0 Å². The van der Waals surface area contributed by atoms with Gasteiger partial charge in [0.05, 0.1) is 11.0 Å². The zero-order valence-electron chi connectivity index (χ0n) is 13.8. The van der Waals surface area contributed by atoms with Crippen molar-refractivity contribution in [2.75, 3.05) is 5.32 Å². The average Bonchev–Trinajstić information content (AvgIpc) is 2.41. The Morgan fingerprint density at radius 2 is 2.04 bits per heavy atom. The molecule has 1 saturated carbocycles. The van der Waals surface area contributed by atoms with E-state index in [0.717, 1.165) is 18.4 Å². The predicted molar refractivity (Wildman–Crippen MR) is 88.4 cm³/mol. The van der Waals surface area contributed by atoms with Gasteiger partial charge in [-0.05, 0) is 42.2 Å². The molecule has 1 aromatic rings. The van der Waals surface area contributed by atoms with Crippen molar-refractivity contribution < 1.29 is 14.8 Å². The van der Waals surface area contributed by atoms with Crippen LogP contribution in [0.3, 0.4) is 0 Å². The summed E-state index contributed by atoms with van der Waals surface area (Å²) in [6.07, 6.45) is 2.28. The molecule has 2 rings (SSSR count). The fourth-order valence-corrected chi connectivity index (χ4v) is 2.74. The maximum Gasteiger partial charge on any atom is 0.293 e.